The van der Waals surface area contributed by atoms with E-state index < -0.39 is 26.6 Å². The average Bonchev–Trinajstić information content (AvgIpc) is 3.32. The van der Waals surface area contributed by atoms with Crippen LogP contribution >= 0.6 is 0 Å². The highest BCUT2D eigenvalue weighted by Gasteiger charge is 2.30. The molecule has 0 aromatic heterocycles. The average molecular weight is 448 g/mol. The Morgan fingerprint density at radius 3 is 2.35 bits per heavy atom. The summed E-state index contributed by atoms with van der Waals surface area (Å²) >= 11 is 0. The molecule has 2 aromatic rings. The monoisotopic (exact) mass is 447 g/mol. The number of carbonyl (C=O) groups is 1. The number of halogens is 1. The van der Waals surface area contributed by atoms with Crippen molar-refractivity contribution < 1.29 is 17.6 Å². The summed E-state index contributed by atoms with van der Waals surface area (Å²) in [4.78, 5) is 14.6. The molecule has 8 heteroatoms. The maximum Gasteiger partial charge on any atom is 0.251 e. The lowest BCUT2D eigenvalue weighted by Crippen LogP contribution is -2.29. The van der Waals surface area contributed by atoms with Crippen molar-refractivity contribution in [2.24, 2.45) is 0 Å². The number of nitrogens with one attached hydrogen (secondary N) is 1. The van der Waals surface area contributed by atoms with Gasteiger partial charge in [-0.05, 0) is 55.3 Å². The molecular formula is C23H30FN3O3S. The molecule has 0 spiro atoms. The third-order valence-corrected chi connectivity index (χ3v) is 7.64. The van der Waals surface area contributed by atoms with Crippen molar-refractivity contribution in [1.29, 1.82) is 0 Å². The zero-order chi connectivity index (χ0) is 22.4. The van der Waals surface area contributed by atoms with Gasteiger partial charge in [0.05, 0.1) is 0 Å². The third kappa shape index (κ3) is 5.50. The number of benzene rings is 2. The topological polar surface area (TPSA) is 69.7 Å². The number of nitrogens with zero attached hydrogens (tertiary/aromatic N) is 2. The van der Waals surface area contributed by atoms with Gasteiger partial charge in [0, 0.05) is 31.7 Å². The molecule has 6 nitrogen and oxygen atoms in total. The second-order valence-electron chi connectivity index (χ2n) is 7.67. The van der Waals surface area contributed by atoms with Crippen molar-refractivity contribution in [3.05, 3.63) is 65.0 Å². The van der Waals surface area contributed by atoms with Crippen molar-refractivity contribution in [2.75, 3.05) is 26.2 Å². The van der Waals surface area contributed by atoms with Crippen molar-refractivity contribution in [1.82, 2.24) is 14.5 Å². The van der Waals surface area contributed by atoms with Crippen LogP contribution in [0.2, 0.25) is 0 Å². The minimum Gasteiger partial charge on any atom is -0.348 e. The van der Waals surface area contributed by atoms with Crippen LogP contribution in [0.5, 0.6) is 0 Å². The van der Waals surface area contributed by atoms with E-state index in [2.05, 4.69) is 24.1 Å². The highest BCUT2D eigenvalue weighted by molar-refractivity contribution is 7.89. The third-order valence-electron chi connectivity index (χ3n) is 5.72. The van der Waals surface area contributed by atoms with Gasteiger partial charge in [-0.25, -0.2) is 12.8 Å². The molecule has 0 unspecified atom stereocenters. The molecular weight excluding hydrogens is 417 g/mol. The van der Waals surface area contributed by atoms with E-state index in [0.29, 0.717) is 19.6 Å². The van der Waals surface area contributed by atoms with Crippen LogP contribution in [0.1, 0.15) is 48.2 Å². The van der Waals surface area contributed by atoms with E-state index in [-0.39, 0.29) is 5.56 Å². The standard InChI is InChI=1S/C23H30FN3O3S/c1-3-26(4-2)17-20-10-6-5-9-19(20)16-25-23(28)18-11-12-21(24)22(15-18)31(29,30)27-13-7-8-14-27/h5-6,9-12,15H,3-4,7-8,13-14,16-17H2,1-2H3,(H,25,28). The van der Waals surface area contributed by atoms with Crippen LogP contribution in [0.15, 0.2) is 47.4 Å². The Kier molecular flexibility index (Phi) is 7.80. The number of sulfonamides is 1. The van der Waals surface area contributed by atoms with Crippen LogP contribution in [0.3, 0.4) is 0 Å². The smallest absolute Gasteiger partial charge is 0.251 e. The van der Waals surface area contributed by atoms with Crippen LogP contribution in [0.4, 0.5) is 4.39 Å². The molecule has 0 saturated carbocycles. The predicted molar refractivity (Wildman–Crippen MR) is 119 cm³/mol. The Balaban J connectivity index is 1.75. The summed E-state index contributed by atoms with van der Waals surface area (Å²) in [5.41, 5.74) is 2.25. The van der Waals surface area contributed by atoms with Gasteiger partial charge in [0.15, 0.2) is 0 Å². The van der Waals surface area contributed by atoms with Gasteiger partial charge in [0.1, 0.15) is 10.7 Å². The molecule has 1 amide bonds. The van der Waals surface area contributed by atoms with Gasteiger partial charge in [-0.15, -0.1) is 0 Å². The lowest BCUT2D eigenvalue weighted by atomic mass is 10.1. The van der Waals surface area contributed by atoms with Gasteiger partial charge in [-0.3, -0.25) is 9.69 Å². The molecule has 0 radical (unpaired) electrons. The summed E-state index contributed by atoms with van der Waals surface area (Å²) in [6.45, 7) is 7.92. The molecule has 1 saturated heterocycles. The van der Waals surface area contributed by atoms with Crippen molar-refractivity contribution in [3.8, 4) is 0 Å². The van der Waals surface area contributed by atoms with Crippen molar-refractivity contribution >= 4 is 15.9 Å². The number of hydrogen-bond donors (Lipinski definition) is 1. The molecule has 0 bridgehead atoms. The van der Waals surface area contributed by atoms with E-state index in [9.17, 15) is 17.6 Å². The van der Waals surface area contributed by atoms with Gasteiger partial charge in [0.2, 0.25) is 10.0 Å². The number of carbonyl (C=O) groups excluding carboxylic acids is 1. The second-order valence-corrected chi connectivity index (χ2v) is 9.58. The summed E-state index contributed by atoms with van der Waals surface area (Å²) in [6, 6.07) is 11.4. The Morgan fingerprint density at radius 2 is 1.71 bits per heavy atom. The maximum absolute atomic E-state index is 14.3. The van der Waals surface area contributed by atoms with E-state index in [1.807, 2.05) is 24.3 Å². The van der Waals surface area contributed by atoms with Gasteiger partial charge >= 0.3 is 0 Å². The van der Waals surface area contributed by atoms with Gasteiger partial charge in [-0.1, -0.05) is 38.1 Å². The highest BCUT2D eigenvalue weighted by atomic mass is 32.2. The van der Waals surface area contributed by atoms with Gasteiger partial charge in [-0.2, -0.15) is 4.31 Å². The van der Waals surface area contributed by atoms with E-state index in [4.69, 9.17) is 0 Å². The molecule has 0 atom stereocenters. The molecule has 1 fully saturated rings. The summed E-state index contributed by atoms with van der Waals surface area (Å²) in [5.74, 6) is -1.27. The first-order valence-electron chi connectivity index (χ1n) is 10.7. The first-order valence-corrected chi connectivity index (χ1v) is 12.2. The second kappa shape index (κ2) is 10.3. The summed E-state index contributed by atoms with van der Waals surface area (Å²) < 4.78 is 41.1. The Bertz CT molecular complexity index is 1020. The van der Waals surface area contributed by atoms with Crippen molar-refractivity contribution in [3.63, 3.8) is 0 Å². The molecule has 0 aliphatic carbocycles. The van der Waals surface area contributed by atoms with Gasteiger partial charge in [0.25, 0.3) is 5.91 Å². The first-order chi connectivity index (χ1) is 14.9. The van der Waals surface area contributed by atoms with Crippen LogP contribution in [0, 0.1) is 5.82 Å². The largest absolute Gasteiger partial charge is 0.348 e. The molecule has 1 aliphatic heterocycles. The fourth-order valence-corrected chi connectivity index (χ4v) is 5.37. The zero-order valence-corrected chi connectivity index (χ0v) is 18.9. The Hall–Kier alpha value is -2.29. The predicted octanol–water partition coefficient (Wildman–Crippen LogP) is 3.38. The van der Waals surface area contributed by atoms with Crippen LogP contribution in [-0.4, -0.2) is 49.7 Å². The molecule has 1 N–H and O–H groups in total. The van der Waals surface area contributed by atoms with E-state index in [1.165, 1.54) is 10.4 Å². The molecule has 31 heavy (non-hydrogen) atoms. The lowest BCUT2D eigenvalue weighted by Gasteiger charge is -2.20. The SMILES string of the molecule is CCN(CC)Cc1ccccc1CNC(=O)c1ccc(F)c(S(=O)(=O)N2CCCC2)c1. The summed E-state index contributed by atoms with van der Waals surface area (Å²) in [6.07, 6.45) is 1.52. The fraction of sp³-hybridized carbons (Fsp3) is 0.435. The number of amides is 1. The quantitative estimate of drug-likeness (QED) is 0.640. The normalized spacial score (nSPS) is 14.8. The molecule has 168 valence electrons. The van der Waals surface area contributed by atoms with E-state index >= 15 is 0 Å². The highest BCUT2D eigenvalue weighted by Crippen LogP contribution is 2.24. The molecule has 1 aliphatic rings. The Labute approximate surface area is 184 Å². The lowest BCUT2D eigenvalue weighted by molar-refractivity contribution is 0.0950. The van der Waals surface area contributed by atoms with E-state index in [0.717, 1.165) is 55.7 Å². The van der Waals surface area contributed by atoms with Crippen LogP contribution in [-0.2, 0) is 23.1 Å². The minimum absolute atomic E-state index is 0.125. The van der Waals surface area contributed by atoms with Crippen LogP contribution in [0.25, 0.3) is 0 Å². The molecule has 2 aromatic carbocycles. The first kappa shape index (κ1) is 23.4. The van der Waals surface area contributed by atoms with Crippen LogP contribution < -0.4 is 5.32 Å². The van der Waals surface area contributed by atoms with Gasteiger partial charge < -0.3 is 5.32 Å². The molecule has 1 heterocycles. The molecule has 3 rings (SSSR count). The van der Waals surface area contributed by atoms with Crippen molar-refractivity contribution in [2.45, 2.75) is 44.7 Å². The fourth-order valence-electron chi connectivity index (χ4n) is 3.76. The maximum atomic E-state index is 14.3. The number of rotatable bonds is 9. The minimum atomic E-state index is -3.95. The Morgan fingerprint density at radius 1 is 1.06 bits per heavy atom. The number of hydrogen-bond acceptors (Lipinski definition) is 4. The zero-order valence-electron chi connectivity index (χ0n) is 18.1. The summed E-state index contributed by atoms with van der Waals surface area (Å²) in [5, 5.41) is 2.84. The summed E-state index contributed by atoms with van der Waals surface area (Å²) in [7, 11) is -3.95. The van der Waals surface area contributed by atoms with E-state index in [1.54, 1.807) is 0 Å².